The number of anilines is 1. The lowest BCUT2D eigenvalue weighted by Crippen LogP contribution is -2.30. The van der Waals surface area contributed by atoms with E-state index in [1.54, 1.807) is 18.5 Å². The first-order valence-corrected chi connectivity index (χ1v) is 7.67. The fraction of sp³-hybridized carbons (Fsp3) is 0.158. The molecule has 0 atom stereocenters. The molecular formula is C19H17N3O. The molecule has 0 spiro atoms. The number of hydrogen-bond donors (Lipinski definition) is 0. The molecule has 0 fully saturated rings. The summed E-state index contributed by atoms with van der Waals surface area (Å²) >= 11 is 0. The van der Waals surface area contributed by atoms with Gasteiger partial charge >= 0.3 is 0 Å². The minimum atomic E-state index is -0.0118. The van der Waals surface area contributed by atoms with Gasteiger partial charge in [-0.2, -0.15) is 0 Å². The topological polar surface area (TPSA) is 38.1 Å². The van der Waals surface area contributed by atoms with Gasteiger partial charge in [-0.3, -0.25) is 9.78 Å². The second kappa shape index (κ2) is 5.39. The molecule has 0 saturated carbocycles. The van der Waals surface area contributed by atoms with Crippen LogP contribution in [0, 0.1) is 0 Å². The van der Waals surface area contributed by atoms with Crippen molar-refractivity contribution in [1.29, 1.82) is 0 Å². The van der Waals surface area contributed by atoms with Gasteiger partial charge in [0.15, 0.2) is 0 Å². The Morgan fingerprint density at radius 2 is 1.96 bits per heavy atom. The molecule has 1 aliphatic rings. The van der Waals surface area contributed by atoms with Crippen molar-refractivity contribution in [2.75, 3.05) is 4.90 Å². The number of aromatic nitrogens is 2. The molecule has 1 aliphatic heterocycles. The first-order valence-electron chi connectivity index (χ1n) is 7.67. The minimum Gasteiger partial charge on any atom is -0.354 e. The number of fused-ring (bicyclic) bond motifs is 2. The van der Waals surface area contributed by atoms with E-state index in [0.717, 1.165) is 12.1 Å². The zero-order valence-corrected chi connectivity index (χ0v) is 12.9. The number of nitrogens with zero attached hydrogens (tertiary/aromatic N) is 3. The van der Waals surface area contributed by atoms with E-state index < -0.39 is 0 Å². The van der Waals surface area contributed by atoms with Crippen molar-refractivity contribution in [3.05, 3.63) is 83.4 Å². The van der Waals surface area contributed by atoms with Crippen LogP contribution in [-0.4, -0.2) is 15.5 Å². The molecule has 4 nitrogen and oxygen atoms in total. The molecule has 3 aromatic rings. The lowest BCUT2D eigenvalue weighted by atomic mass is 10.1. The molecule has 114 valence electrons. The number of aryl methyl sites for hydroxylation is 1. The van der Waals surface area contributed by atoms with E-state index in [0.29, 0.717) is 12.1 Å². The van der Waals surface area contributed by atoms with Crippen molar-refractivity contribution < 1.29 is 4.79 Å². The summed E-state index contributed by atoms with van der Waals surface area (Å²) in [6.07, 6.45) is 6.21. The Labute approximate surface area is 135 Å². The Hall–Kier alpha value is -2.88. The monoisotopic (exact) mass is 303 g/mol. The van der Waals surface area contributed by atoms with Gasteiger partial charge in [0, 0.05) is 43.4 Å². The molecule has 4 heteroatoms. The van der Waals surface area contributed by atoms with Crippen molar-refractivity contribution in [3.63, 3.8) is 0 Å². The van der Waals surface area contributed by atoms with Crippen LogP contribution in [0.1, 0.15) is 27.2 Å². The van der Waals surface area contributed by atoms with Gasteiger partial charge in [0.2, 0.25) is 0 Å². The molecule has 0 saturated heterocycles. The molecule has 1 aromatic carbocycles. The molecule has 0 bridgehead atoms. The number of para-hydroxylation sites is 1. The predicted octanol–water partition coefficient (Wildman–Crippen LogP) is 3.17. The number of amides is 1. The molecule has 3 heterocycles. The van der Waals surface area contributed by atoms with Crippen LogP contribution in [0.2, 0.25) is 0 Å². The van der Waals surface area contributed by atoms with Crippen LogP contribution in [-0.2, 0) is 20.0 Å². The molecule has 23 heavy (non-hydrogen) atoms. The third kappa shape index (κ3) is 2.32. The van der Waals surface area contributed by atoms with E-state index in [1.165, 1.54) is 16.8 Å². The highest BCUT2D eigenvalue weighted by Crippen LogP contribution is 2.31. The summed E-state index contributed by atoms with van der Waals surface area (Å²) in [7, 11) is 2.06. The first-order chi connectivity index (χ1) is 11.2. The van der Waals surface area contributed by atoms with Crippen LogP contribution >= 0.6 is 0 Å². The third-order valence-corrected chi connectivity index (χ3v) is 4.42. The summed E-state index contributed by atoms with van der Waals surface area (Å²) in [6.45, 7) is 0.584. The maximum absolute atomic E-state index is 13.0. The van der Waals surface area contributed by atoms with Gasteiger partial charge in [-0.05, 0) is 35.4 Å². The molecular weight excluding hydrogens is 286 g/mol. The van der Waals surface area contributed by atoms with Gasteiger partial charge in [0.1, 0.15) is 0 Å². The summed E-state index contributed by atoms with van der Waals surface area (Å²) in [4.78, 5) is 18.9. The number of hydrogen-bond acceptors (Lipinski definition) is 2. The van der Waals surface area contributed by atoms with Gasteiger partial charge in [0.05, 0.1) is 12.1 Å². The zero-order valence-electron chi connectivity index (χ0n) is 12.9. The van der Waals surface area contributed by atoms with Crippen LogP contribution < -0.4 is 4.90 Å². The average Bonchev–Trinajstić information content (AvgIpc) is 2.84. The summed E-state index contributed by atoms with van der Waals surface area (Å²) in [5.41, 5.74) is 5.23. The molecule has 0 unspecified atom stereocenters. The first kappa shape index (κ1) is 13.8. The van der Waals surface area contributed by atoms with E-state index in [-0.39, 0.29) is 5.91 Å². The normalized spacial score (nSPS) is 13.2. The van der Waals surface area contributed by atoms with Crippen molar-refractivity contribution in [1.82, 2.24) is 9.55 Å². The third-order valence-electron chi connectivity index (χ3n) is 4.42. The maximum Gasteiger partial charge on any atom is 0.260 e. The lowest BCUT2D eigenvalue weighted by molar-refractivity contribution is 0.0985. The second-order valence-electron chi connectivity index (χ2n) is 5.84. The van der Waals surface area contributed by atoms with Crippen molar-refractivity contribution >= 4 is 11.6 Å². The minimum absolute atomic E-state index is 0.0118. The van der Waals surface area contributed by atoms with E-state index in [1.807, 2.05) is 29.2 Å². The lowest BCUT2D eigenvalue weighted by Gasteiger charge is -2.23. The second-order valence-corrected chi connectivity index (χ2v) is 5.84. The Bertz CT molecular complexity index is 867. The zero-order chi connectivity index (χ0) is 15.8. The van der Waals surface area contributed by atoms with Gasteiger partial charge in [-0.1, -0.05) is 18.2 Å². The van der Waals surface area contributed by atoms with Gasteiger partial charge in [-0.25, -0.2) is 0 Å². The standard InChI is InChI=1S/C19H17N3O/c1-21-10-8-16-13-22(19(23)15-6-4-9-20-12-15)17-7-3-2-5-14(17)11-18(16)21/h2-10,12H,11,13H2,1H3. The van der Waals surface area contributed by atoms with Crippen LogP contribution in [0.5, 0.6) is 0 Å². The van der Waals surface area contributed by atoms with Gasteiger partial charge < -0.3 is 9.47 Å². The Kier molecular flexibility index (Phi) is 3.23. The summed E-state index contributed by atoms with van der Waals surface area (Å²) in [5.74, 6) is -0.0118. The molecule has 1 amide bonds. The smallest absolute Gasteiger partial charge is 0.260 e. The van der Waals surface area contributed by atoms with Crippen LogP contribution in [0.25, 0.3) is 0 Å². The molecule has 0 radical (unpaired) electrons. The van der Waals surface area contributed by atoms with E-state index in [2.05, 4.69) is 34.9 Å². The van der Waals surface area contributed by atoms with Gasteiger partial charge in [0.25, 0.3) is 5.91 Å². The highest BCUT2D eigenvalue weighted by atomic mass is 16.2. The maximum atomic E-state index is 13.0. The number of pyridine rings is 1. The quantitative estimate of drug-likeness (QED) is 0.692. The van der Waals surface area contributed by atoms with Crippen molar-refractivity contribution in [2.45, 2.75) is 13.0 Å². The number of carbonyl (C=O) groups excluding carboxylic acids is 1. The predicted molar refractivity (Wildman–Crippen MR) is 89.4 cm³/mol. The molecule has 0 aliphatic carbocycles. The summed E-state index contributed by atoms with van der Waals surface area (Å²) in [6, 6.07) is 13.8. The fourth-order valence-electron chi connectivity index (χ4n) is 3.18. The van der Waals surface area contributed by atoms with E-state index in [9.17, 15) is 4.79 Å². The molecule has 0 N–H and O–H groups in total. The Morgan fingerprint density at radius 3 is 2.78 bits per heavy atom. The van der Waals surface area contributed by atoms with E-state index in [4.69, 9.17) is 0 Å². The van der Waals surface area contributed by atoms with Gasteiger partial charge in [-0.15, -0.1) is 0 Å². The summed E-state index contributed by atoms with van der Waals surface area (Å²) < 4.78 is 2.14. The summed E-state index contributed by atoms with van der Waals surface area (Å²) in [5, 5.41) is 0. The number of benzene rings is 1. The van der Waals surface area contributed by atoms with Crippen molar-refractivity contribution in [3.8, 4) is 0 Å². The highest BCUT2D eigenvalue weighted by molar-refractivity contribution is 6.06. The van der Waals surface area contributed by atoms with E-state index >= 15 is 0 Å². The largest absolute Gasteiger partial charge is 0.354 e. The SMILES string of the molecule is Cn1ccc2c1Cc1ccccc1N(C(=O)c1cccnc1)C2. The molecule has 4 rings (SSSR count). The average molecular weight is 303 g/mol. The molecule has 2 aromatic heterocycles. The number of carbonyl (C=O) groups is 1. The fourth-order valence-corrected chi connectivity index (χ4v) is 3.18. The van der Waals surface area contributed by atoms with Crippen molar-refractivity contribution in [2.24, 2.45) is 7.05 Å². The highest BCUT2D eigenvalue weighted by Gasteiger charge is 2.25. The Balaban J connectivity index is 1.84. The Morgan fingerprint density at radius 1 is 1.09 bits per heavy atom. The van der Waals surface area contributed by atoms with Crippen LogP contribution in [0.4, 0.5) is 5.69 Å². The number of rotatable bonds is 1. The van der Waals surface area contributed by atoms with Crippen LogP contribution in [0.3, 0.4) is 0 Å². The van der Waals surface area contributed by atoms with Crippen LogP contribution in [0.15, 0.2) is 61.1 Å².